The van der Waals surface area contributed by atoms with E-state index >= 15 is 0 Å². The van der Waals surface area contributed by atoms with Crippen LogP contribution in [0, 0.1) is 0 Å². The molecule has 0 spiro atoms. The maximum absolute atomic E-state index is 12.0. The molecule has 5 nitrogen and oxygen atoms in total. The fourth-order valence-electron chi connectivity index (χ4n) is 1.57. The Hall–Kier alpha value is -2.04. The van der Waals surface area contributed by atoms with E-state index in [9.17, 15) is 9.59 Å². The zero-order chi connectivity index (χ0) is 15.3. The second kappa shape index (κ2) is 6.41. The van der Waals surface area contributed by atoms with Crippen molar-refractivity contribution in [3.8, 4) is 5.75 Å². The number of ether oxygens (including phenoxy) is 1. The molecule has 0 aliphatic heterocycles. The average molecular weight is 278 g/mol. The summed E-state index contributed by atoms with van der Waals surface area (Å²) in [6, 6.07) is 6.12. The Bertz CT molecular complexity index is 475. The highest BCUT2D eigenvalue weighted by molar-refractivity contribution is 5.97. The van der Waals surface area contributed by atoms with Crippen molar-refractivity contribution in [1.29, 1.82) is 0 Å². The van der Waals surface area contributed by atoms with Crippen molar-refractivity contribution in [3.05, 3.63) is 29.8 Å². The van der Waals surface area contributed by atoms with Gasteiger partial charge in [0.05, 0.1) is 7.11 Å². The van der Waals surface area contributed by atoms with Crippen molar-refractivity contribution in [2.45, 2.75) is 39.3 Å². The number of rotatable bonds is 4. The largest absolute Gasteiger partial charge is 0.497 e. The van der Waals surface area contributed by atoms with Crippen molar-refractivity contribution < 1.29 is 14.3 Å². The van der Waals surface area contributed by atoms with Crippen molar-refractivity contribution in [2.24, 2.45) is 0 Å². The molecule has 110 valence electrons. The minimum absolute atomic E-state index is 0.209. The first-order valence-corrected chi connectivity index (χ1v) is 6.50. The van der Waals surface area contributed by atoms with E-state index < -0.39 is 6.04 Å². The molecule has 0 bridgehead atoms. The molecular formula is C15H22N2O3. The molecule has 0 heterocycles. The van der Waals surface area contributed by atoms with Crippen molar-refractivity contribution in [2.75, 3.05) is 7.11 Å². The van der Waals surface area contributed by atoms with Gasteiger partial charge in [0.25, 0.3) is 5.91 Å². The molecule has 5 heteroatoms. The van der Waals surface area contributed by atoms with Gasteiger partial charge in [-0.15, -0.1) is 0 Å². The van der Waals surface area contributed by atoms with E-state index in [0.717, 1.165) is 0 Å². The summed E-state index contributed by atoms with van der Waals surface area (Å²) in [6.45, 7) is 7.33. The van der Waals surface area contributed by atoms with Crippen LogP contribution < -0.4 is 15.4 Å². The van der Waals surface area contributed by atoms with E-state index in [1.165, 1.54) is 0 Å². The highest BCUT2D eigenvalue weighted by atomic mass is 16.5. The number of hydrogen-bond acceptors (Lipinski definition) is 3. The fourth-order valence-corrected chi connectivity index (χ4v) is 1.57. The monoisotopic (exact) mass is 278 g/mol. The van der Waals surface area contributed by atoms with E-state index in [-0.39, 0.29) is 17.4 Å². The standard InChI is InChI=1S/C15H22N2O3/c1-10(13(18)17-15(2,3)4)16-14(19)11-6-8-12(20-5)9-7-11/h6-10H,1-5H3,(H,16,19)(H,17,18). The third kappa shape index (κ3) is 4.91. The van der Waals surface area contributed by atoms with E-state index in [2.05, 4.69) is 10.6 Å². The van der Waals surface area contributed by atoms with Gasteiger partial charge in [0.15, 0.2) is 0 Å². The summed E-state index contributed by atoms with van der Waals surface area (Å²) in [5, 5.41) is 5.48. The second-order valence-corrected chi connectivity index (χ2v) is 5.66. The molecule has 0 aliphatic rings. The molecule has 0 aliphatic carbocycles. The zero-order valence-electron chi connectivity index (χ0n) is 12.6. The fraction of sp³-hybridized carbons (Fsp3) is 0.467. The van der Waals surface area contributed by atoms with Crippen molar-refractivity contribution in [1.82, 2.24) is 10.6 Å². The van der Waals surface area contributed by atoms with Crippen LogP contribution in [-0.2, 0) is 4.79 Å². The minimum atomic E-state index is -0.594. The molecule has 2 N–H and O–H groups in total. The van der Waals surface area contributed by atoms with Crippen LogP contribution in [-0.4, -0.2) is 30.5 Å². The van der Waals surface area contributed by atoms with Gasteiger partial charge in [-0.25, -0.2) is 0 Å². The van der Waals surface area contributed by atoms with Crippen LogP contribution in [0.4, 0.5) is 0 Å². The summed E-state index contributed by atoms with van der Waals surface area (Å²) in [4.78, 5) is 23.9. The van der Waals surface area contributed by atoms with Crippen molar-refractivity contribution in [3.63, 3.8) is 0 Å². The first-order chi connectivity index (χ1) is 9.23. The molecule has 1 aromatic carbocycles. The topological polar surface area (TPSA) is 67.4 Å². The molecule has 0 radical (unpaired) electrons. The summed E-state index contributed by atoms with van der Waals surface area (Å²) < 4.78 is 5.03. The maximum atomic E-state index is 12.0. The van der Waals surface area contributed by atoms with Crippen molar-refractivity contribution >= 4 is 11.8 Å². The van der Waals surface area contributed by atoms with Gasteiger partial charge < -0.3 is 15.4 Å². The Morgan fingerprint density at radius 1 is 1.15 bits per heavy atom. The van der Waals surface area contributed by atoms with Crippen LogP contribution in [0.15, 0.2) is 24.3 Å². The molecule has 20 heavy (non-hydrogen) atoms. The van der Waals surface area contributed by atoms with Crippen LogP contribution in [0.3, 0.4) is 0 Å². The molecule has 0 saturated heterocycles. The lowest BCUT2D eigenvalue weighted by molar-refractivity contribution is -0.124. The van der Waals surface area contributed by atoms with Crippen LogP contribution in [0.1, 0.15) is 38.1 Å². The van der Waals surface area contributed by atoms with Gasteiger partial charge in [-0.3, -0.25) is 9.59 Å². The quantitative estimate of drug-likeness (QED) is 0.881. The maximum Gasteiger partial charge on any atom is 0.251 e. The van der Waals surface area contributed by atoms with Gasteiger partial charge in [0, 0.05) is 11.1 Å². The highest BCUT2D eigenvalue weighted by Crippen LogP contribution is 2.11. The van der Waals surface area contributed by atoms with Gasteiger partial charge in [-0.05, 0) is 52.0 Å². The van der Waals surface area contributed by atoms with Gasteiger partial charge in [0.2, 0.25) is 5.91 Å². The summed E-state index contributed by atoms with van der Waals surface area (Å²) in [5.41, 5.74) is 0.164. The zero-order valence-corrected chi connectivity index (χ0v) is 12.6. The lowest BCUT2D eigenvalue weighted by atomic mass is 10.1. The average Bonchev–Trinajstić information content (AvgIpc) is 2.36. The molecule has 1 rings (SSSR count). The third-order valence-corrected chi connectivity index (χ3v) is 2.59. The third-order valence-electron chi connectivity index (χ3n) is 2.59. The normalized spacial score (nSPS) is 12.4. The smallest absolute Gasteiger partial charge is 0.251 e. The Labute approximate surface area is 119 Å². The Kier molecular flexibility index (Phi) is 5.13. The molecule has 1 atom stereocenters. The van der Waals surface area contributed by atoms with Crippen LogP contribution in [0.5, 0.6) is 5.75 Å². The number of carbonyl (C=O) groups is 2. The Balaban J connectivity index is 2.62. The number of carbonyl (C=O) groups excluding carboxylic acids is 2. The first kappa shape index (κ1) is 16.0. The van der Waals surface area contributed by atoms with Crippen LogP contribution >= 0.6 is 0 Å². The highest BCUT2D eigenvalue weighted by Gasteiger charge is 2.21. The molecule has 0 fully saturated rings. The van der Waals surface area contributed by atoms with Gasteiger partial charge in [-0.1, -0.05) is 0 Å². The molecule has 1 aromatic rings. The second-order valence-electron chi connectivity index (χ2n) is 5.66. The molecule has 0 aromatic heterocycles. The number of methoxy groups -OCH3 is 1. The Morgan fingerprint density at radius 3 is 2.15 bits per heavy atom. The van der Waals surface area contributed by atoms with Crippen LogP contribution in [0.2, 0.25) is 0 Å². The van der Waals surface area contributed by atoms with Gasteiger partial charge in [0.1, 0.15) is 11.8 Å². The summed E-state index contributed by atoms with van der Waals surface area (Å²) >= 11 is 0. The van der Waals surface area contributed by atoms with Gasteiger partial charge >= 0.3 is 0 Å². The molecule has 0 saturated carbocycles. The predicted molar refractivity (Wildman–Crippen MR) is 77.8 cm³/mol. The lowest BCUT2D eigenvalue weighted by Gasteiger charge is -2.23. The predicted octanol–water partition coefficient (Wildman–Crippen LogP) is 1.73. The van der Waals surface area contributed by atoms with Gasteiger partial charge in [-0.2, -0.15) is 0 Å². The number of hydrogen-bond donors (Lipinski definition) is 2. The SMILES string of the molecule is COc1ccc(C(=O)NC(C)C(=O)NC(C)(C)C)cc1. The summed E-state index contributed by atoms with van der Waals surface area (Å²) in [7, 11) is 1.56. The van der Waals surface area contributed by atoms with E-state index in [1.807, 2.05) is 20.8 Å². The van der Waals surface area contributed by atoms with Crippen LogP contribution in [0.25, 0.3) is 0 Å². The number of nitrogens with one attached hydrogen (secondary N) is 2. The molecule has 2 amide bonds. The summed E-state index contributed by atoms with van der Waals surface area (Å²) in [5.74, 6) is 0.184. The minimum Gasteiger partial charge on any atom is -0.497 e. The Morgan fingerprint density at radius 2 is 1.70 bits per heavy atom. The number of amides is 2. The van der Waals surface area contributed by atoms with E-state index in [4.69, 9.17) is 4.74 Å². The number of benzene rings is 1. The molecular weight excluding hydrogens is 256 g/mol. The van der Waals surface area contributed by atoms with E-state index in [1.54, 1.807) is 38.3 Å². The lowest BCUT2D eigenvalue weighted by Crippen LogP contribution is -2.50. The molecule has 1 unspecified atom stereocenters. The summed E-state index contributed by atoms with van der Waals surface area (Å²) in [6.07, 6.45) is 0. The van der Waals surface area contributed by atoms with E-state index in [0.29, 0.717) is 11.3 Å². The first-order valence-electron chi connectivity index (χ1n) is 6.50.